The van der Waals surface area contributed by atoms with Gasteiger partial charge in [-0.15, -0.1) is 0 Å². The summed E-state index contributed by atoms with van der Waals surface area (Å²) in [5.41, 5.74) is 14.0. The zero-order valence-corrected chi connectivity index (χ0v) is 38.2. The maximum atomic E-state index is 7.09. The van der Waals surface area contributed by atoms with Gasteiger partial charge in [-0.2, -0.15) is 0 Å². The predicted molar refractivity (Wildman–Crippen MR) is 270 cm³/mol. The topological polar surface area (TPSA) is 42.7 Å². The first-order valence-corrected chi connectivity index (χ1v) is 22.9. The van der Waals surface area contributed by atoms with Gasteiger partial charge in [-0.3, -0.25) is 4.57 Å². The molecule has 5 nitrogen and oxygen atoms in total. The summed E-state index contributed by atoms with van der Waals surface area (Å²) < 4.78 is 9.45. The Morgan fingerprint density at radius 1 is 0.554 bits per heavy atom. The number of rotatable bonds is 7. The second-order valence-corrected chi connectivity index (χ2v) is 19.9. The van der Waals surface area contributed by atoms with Crippen molar-refractivity contribution in [2.45, 2.75) is 76.9 Å². The number of aliphatic imine (C=N–C) groups is 1. The van der Waals surface area contributed by atoms with Gasteiger partial charge in [0.1, 0.15) is 17.5 Å². The summed E-state index contributed by atoms with van der Waals surface area (Å²) in [6, 6.07) is 65.8. The van der Waals surface area contributed by atoms with Crippen LogP contribution in [0.4, 0.5) is 17.1 Å². The van der Waals surface area contributed by atoms with E-state index in [0.29, 0.717) is 5.90 Å². The molecule has 65 heavy (non-hydrogen) atoms. The van der Waals surface area contributed by atoms with Crippen LogP contribution >= 0.6 is 0 Å². The highest BCUT2D eigenvalue weighted by Crippen LogP contribution is 2.54. The summed E-state index contributed by atoms with van der Waals surface area (Å²) in [4.78, 5) is 13.1. The largest absolute Gasteiger partial charge is 0.469 e. The van der Waals surface area contributed by atoms with Gasteiger partial charge in [-0.25, -0.2) is 9.98 Å². The van der Waals surface area contributed by atoms with E-state index in [1.807, 2.05) is 6.20 Å². The van der Waals surface area contributed by atoms with Gasteiger partial charge < -0.3 is 9.64 Å². The molecule has 5 heteroatoms. The second-order valence-electron chi connectivity index (χ2n) is 19.9. The van der Waals surface area contributed by atoms with E-state index >= 15 is 0 Å². The Kier molecular flexibility index (Phi) is 9.48. The molecule has 0 saturated carbocycles. The summed E-state index contributed by atoms with van der Waals surface area (Å²) in [5, 5.41) is 2.42. The number of anilines is 3. The molecule has 1 atom stereocenters. The molecule has 0 amide bonds. The van der Waals surface area contributed by atoms with Crippen LogP contribution in [0, 0.1) is 0 Å². The minimum absolute atomic E-state index is 0.00231. The summed E-state index contributed by atoms with van der Waals surface area (Å²) >= 11 is 0. The van der Waals surface area contributed by atoms with Crippen molar-refractivity contribution in [2.75, 3.05) is 4.90 Å². The highest BCUT2D eigenvalue weighted by molar-refractivity contribution is 6.11. The molecular formula is C60H54N4O. The fraction of sp³-hybridized carbons (Fsp3) is 0.200. The van der Waals surface area contributed by atoms with Crippen LogP contribution in [0.25, 0.3) is 38.8 Å². The first-order chi connectivity index (χ1) is 31.4. The summed E-state index contributed by atoms with van der Waals surface area (Å²) in [6.07, 6.45) is 1.96. The van der Waals surface area contributed by atoms with Crippen molar-refractivity contribution in [3.05, 3.63) is 222 Å². The molecule has 7 aromatic carbocycles. The first-order valence-electron chi connectivity index (χ1n) is 22.9. The van der Waals surface area contributed by atoms with Gasteiger partial charge in [0.15, 0.2) is 0 Å². The fourth-order valence-corrected chi connectivity index (χ4v) is 10.5. The molecular weight excluding hydrogens is 793 g/mol. The Balaban J connectivity index is 1.15. The molecule has 9 aromatic rings. The molecule has 4 heterocycles. The lowest BCUT2D eigenvalue weighted by atomic mass is 9.73. The number of aromatic nitrogens is 2. The van der Waals surface area contributed by atoms with E-state index in [2.05, 4.69) is 240 Å². The average Bonchev–Trinajstić information content (AvgIpc) is 3.82. The van der Waals surface area contributed by atoms with Crippen molar-refractivity contribution in [1.82, 2.24) is 9.55 Å². The van der Waals surface area contributed by atoms with Gasteiger partial charge in [0.25, 0.3) is 0 Å². The van der Waals surface area contributed by atoms with Crippen LogP contribution in [0.2, 0.25) is 0 Å². The number of nitrogens with zero attached hydrogens (tertiary/aromatic N) is 4. The lowest BCUT2D eigenvalue weighted by molar-refractivity contribution is 0.0916. The van der Waals surface area contributed by atoms with E-state index in [0.717, 1.165) is 50.6 Å². The molecule has 11 rings (SSSR count). The molecule has 0 unspecified atom stereocenters. The second kappa shape index (κ2) is 15.2. The Hall–Kier alpha value is -7.24. The third kappa shape index (κ3) is 6.84. The number of fused-ring (bicyclic) bond motifs is 5. The van der Waals surface area contributed by atoms with Crippen LogP contribution in [-0.2, 0) is 15.6 Å². The average molecular weight is 847 g/mol. The van der Waals surface area contributed by atoms with Crippen molar-refractivity contribution in [1.29, 1.82) is 0 Å². The zero-order valence-electron chi connectivity index (χ0n) is 38.2. The predicted octanol–water partition coefficient (Wildman–Crippen LogP) is 15.0. The SMILES string of the molecule is CC(C)(C)c1ccnc(-n2c3ccccc3c3cc4c(cc32)N(c2cc(C3=N[C@H](C(c5ccccc5)c5ccccc5)C(C)(C)O3)cc(-c3ccccc3)c2)c2ccccc2C4(C)C)c1. The van der Waals surface area contributed by atoms with E-state index in [-0.39, 0.29) is 22.8 Å². The lowest BCUT2D eigenvalue weighted by Crippen LogP contribution is -2.38. The summed E-state index contributed by atoms with van der Waals surface area (Å²) in [7, 11) is 0. The molecule has 0 fully saturated rings. The van der Waals surface area contributed by atoms with E-state index in [4.69, 9.17) is 14.7 Å². The Morgan fingerprint density at radius 3 is 1.89 bits per heavy atom. The zero-order chi connectivity index (χ0) is 44.7. The van der Waals surface area contributed by atoms with Crippen molar-refractivity contribution in [2.24, 2.45) is 4.99 Å². The molecule has 0 bridgehead atoms. The van der Waals surface area contributed by atoms with E-state index in [9.17, 15) is 0 Å². The molecule has 0 aliphatic carbocycles. The number of para-hydroxylation sites is 2. The van der Waals surface area contributed by atoms with Crippen LogP contribution < -0.4 is 4.90 Å². The fourth-order valence-electron chi connectivity index (χ4n) is 10.5. The van der Waals surface area contributed by atoms with Gasteiger partial charge in [-0.1, -0.05) is 162 Å². The van der Waals surface area contributed by atoms with E-state index in [1.165, 1.54) is 38.6 Å². The van der Waals surface area contributed by atoms with Crippen molar-refractivity contribution in [3.8, 4) is 16.9 Å². The number of hydrogen-bond acceptors (Lipinski definition) is 4. The number of benzene rings is 7. The third-order valence-corrected chi connectivity index (χ3v) is 13.9. The van der Waals surface area contributed by atoms with Crippen molar-refractivity contribution < 1.29 is 4.74 Å². The van der Waals surface area contributed by atoms with Crippen molar-refractivity contribution in [3.63, 3.8) is 0 Å². The third-order valence-electron chi connectivity index (χ3n) is 13.9. The molecule has 0 saturated heterocycles. The molecule has 2 aliphatic heterocycles. The van der Waals surface area contributed by atoms with E-state index in [1.54, 1.807) is 0 Å². The molecule has 320 valence electrons. The maximum Gasteiger partial charge on any atom is 0.217 e. The van der Waals surface area contributed by atoms with Crippen LogP contribution in [-0.4, -0.2) is 27.1 Å². The highest BCUT2D eigenvalue weighted by atomic mass is 16.5. The standard InChI is InChI=1S/C60H54N4O/c1-58(2,3)44-31-32-61-54(36-44)64-50-29-19-17-27-46(50)47-37-49-53(38-52(47)64)63(51-30-20-18-28-48(51)59(49,4)5)45-34-42(39-21-11-8-12-22-39)33-43(35-45)57-62-56(60(6,7)65-57)55(40-23-13-9-14-24-40)41-25-15-10-16-26-41/h8-38,55-56H,1-7H3/t56-/m1/s1. The van der Waals surface area contributed by atoms with Crippen LogP contribution in [0.1, 0.15) is 87.8 Å². The van der Waals surface area contributed by atoms with Crippen molar-refractivity contribution >= 4 is 44.8 Å². The Morgan fingerprint density at radius 2 is 1.18 bits per heavy atom. The monoisotopic (exact) mass is 846 g/mol. The smallest absolute Gasteiger partial charge is 0.217 e. The highest BCUT2D eigenvalue weighted by Gasteiger charge is 2.45. The molecule has 0 spiro atoms. The Labute approximate surface area is 382 Å². The molecule has 2 aromatic heterocycles. The first kappa shape index (κ1) is 40.5. The normalized spacial score (nSPS) is 16.3. The maximum absolute atomic E-state index is 7.09. The Bertz CT molecular complexity index is 3250. The van der Waals surface area contributed by atoms with Gasteiger partial charge in [0.05, 0.1) is 22.4 Å². The van der Waals surface area contributed by atoms with Crippen LogP contribution in [0.5, 0.6) is 0 Å². The molecule has 2 aliphatic rings. The van der Waals surface area contributed by atoms with Gasteiger partial charge in [0.2, 0.25) is 5.90 Å². The summed E-state index contributed by atoms with van der Waals surface area (Å²) in [5.74, 6) is 1.57. The van der Waals surface area contributed by atoms with Gasteiger partial charge in [0, 0.05) is 39.6 Å². The quantitative estimate of drug-likeness (QED) is 0.160. The number of pyridine rings is 1. The van der Waals surface area contributed by atoms with Crippen LogP contribution in [0.3, 0.4) is 0 Å². The van der Waals surface area contributed by atoms with E-state index < -0.39 is 5.60 Å². The number of hydrogen-bond donors (Lipinski definition) is 0. The van der Waals surface area contributed by atoms with Gasteiger partial charge in [-0.05, 0) is 113 Å². The molecule has 0 radical (unpaired) electrons. The van der Waals surface area contributed by atoms with Crippen LogP contribution in [0.15, 0.2) is 193 Å². The minimum atomic E-state index is -0.597. The number of ether oxygens (including phenoxy) is 1. The summed E-state index contributed by atoms with van der Waals surface area (Å²) in [6.45, 7) is 15.9. The molecule has 0 N–H and O–H groups in total. The van der Waals surface area contributed by atoms with Gasteiger partial charge >= 0.3 is 0 Å². The minimum Gasteiger partial charge on any atom is -0.469 e. The lowest BCUT2D eigenvalue weighted by Gasteiger charge is -2.42.